The van der Waals surface area contributed by atoms with Crippen molar-refractivity contribution < 1.29 is 4.79 Å². The first-order valence-electron chi connectivity index (χ1n) is 6.31. The fourth-order valence-corrected chi connectivity index (χ4v) is 3.73. The van der Waals surface area contributed by atoms with Crippen molar-refractivity contribution in [1.82, 2.24) is 5.32 Å². The van der Waals surface area contributed by atoms with Crippen LogP contribution in [-0.4, -0.2) is 5.91 Å². The highest BCUT2D eigenvalue weighted by atomic mass is 79.9. The number of hydrogen-bond donors (Lipinski definition) is 1. The van der Waals surface area contributed by atoms with Crippen molar-refractivity contribution in [2.24, 2.45) is 5.92 Å². The predicted octanol–water partition coefficient (Wildman–Crippen LogP) is 3.93. The van der Waals surface area contributed by atoms with E-state index in [1.807, 2.05) is 30.3 Å². The van der Waals surface area contributed by atoms with Gasteiger partial charge in [-0.3, -0.25) is 4.79 Å². The zero-order valence-corrected chi connectivity index (χ0v) is 12.7. The molecule has 0 spiro atoms. The van der Waals surface area contributed by atoms with E-state index in [4.69, 9.17) is 0 Å². The van der Waals surface area contributed by atoms with Crippen LogP contribution in [0, 0.1) is 5.92 Å². The molecule has 2 atom stereocenters. The number of rotatable bonds is 4. The minimum Gasteiger partial charge on any atom is -0.351 e. The Morgan fingerprint density at radius 2 is 2.05 bits per heavy atom. The van der Waals surface area contributed by atoms with Crippen LogP contribution >= 0.6 is 27.3 Å². The van der Waals surface area contributed by atoms with Gasteiger partial charge in [-0.05, 0) is 46.0 Å². The first kappa shape index (κ1) is 12.9. The summed E-state index contributed by atoms with van der Waals surface area (Å²) in [5.74, 6) is 0.750. The number of benzene rings is 1. The Kier molecular flexibility index (Phi) is 3.71. The van der Waals surface area contributed by atoms with Crippen molar-refractivity contribution in [2.45, 2.75) is 18.9 Å². The van der Waals surface area contributed by atoms with Gasteiger partial charge in [-0.25, -0.2) is 0 Å². The van der Waals surface area contributed by atoms with E-state index in [1.54, 1.807) is 11.3 Å². The third kappa shape index (κ3) is 3.07. The van der Waals surface area contributed by atoms with Crippen molar-refractivity contribution in [3.05, 3.63) is 56.7 Å². The van der Waals surface area contributed by atoms with Gasteiger partial charge < -0.3 is 5.32 Å². The van der Waals surface area contributed by atoms with E-state index in [2.05, 4.69) is 33.4 Å². The van der Waals surface area contributed by atoms with Crippen LogP contribution in [0.2, 0.25) is 0 Å². The quantitative estimate of drug-likeness (QED) is 0.901. The van der Waals surface area contributed by atoms with Crippen molar-refractivity contribution >= 4 is 33.2 Å². The largest absolute Gasteiger partial charge is 0.351 e. The number of hydrogen-bond acceptors (Lipinski definition) is 2. The molecule has 0 saturated heterocycles. The van der Waals surface area contributed by atoms with E-state index < -0.39 is 0 Å². The molecule has 2 aromatic rings. The second-order valence-electron chi connectivity index (χ2n) is 4.78. The van der Waals surface area contributed by atoms with E-state index in [9.17, 15) is 4.79 Å². The van der Waals surface area contributed by atoms with Crippen LogP contribution in [0.25, 0.3) is 0 Å². The predicted molar refractivity (Wildman–Crippen MR) is 81.2 cm³/mol. The zero-order valence-electron chi connectivity index (χ0n) is 10.3. The lowest BCUT2D eigenvalue weighted by molar-refractivity contribution is -0.122. The Labute approximate surface area is 125 Å². The maximum atomic E-state index is 12.1. The van der Waals surface area contributed by atoms with E-state index in [-0.39, 0.29) is 11.8 Å². The molecule has 1 heterocycles. The van der Waals surface area contributed by atoms with E-state index in [0.717, 1.165) is 10.2 Å². The van der Waals surface area contributed by atoms with E-state index in [1.165, 1.54) is 10.4 Å². The smallest absolute Gasteiger partial charge is 0.224 e. The fourth-order valence-electron chi connectivity index (χ4n) is 2.31. The molecule has 0 radical (unpaired) electrons. The average molecular weight is 336 g/mol. The van der Waals surface area contributed by atoms with E-state index in [0.29, 0.717) is 12.5 Å². The van der Waals surface area contributed by atoms with Gasteiger partial charge in [0.2, 0.25) is 5.91 Å². The van der Waals surface area contributed by atoms with Gasteiger partial charge in [-0.15, -0.1) is 11.3 Å². The van der Waals surface area contributed by atoms with Crippen molar-refractivity contribution in [1.29, 1.82) is 0 Å². The summed E-state index contributed by atoms with van der Waals surface area (Å²) in [6.07, 6.45) is 0.976. The molecule has 1 aliphatic rings. The van der Waals surface area contributed by atoms with Gasteiger partial charge in [0.25, 0.3) is 0 Å². The maximum absolute atomic E-state index is 12.1. The molecule has 4 heteroatoms. The molecule has 1 aromatic heterocycles. The molecule has 98 valence electrons. The van der Waals surface area contributed by atoms with Crippen molar-refractivity contribution in [3.8, 4) is 0 Å². The first-order valence-corrected chi connectivity index (χ1v) is 7.92. The standard InChI is InChI=1S/C15H14BrNOS/c16-14-7-6-11(19-14)9-17-15(18)13-8-12(13)10-4-2-1-3-5-10/h1-7,12-13H,8-9H2,(H,17,18). The second-order valence-corrected chi connectivity index (χ2v) is 7.33. The topological polar surface area (TPSA) is 29.1 Å². The lowest BCUT2D eigenvalue weighted by Gasteiger charge is -2.03. The Bertz CT molecular complexity index is 581. The zero-order chi connectivity index (χ0) is 13.2. The van der Waals surface area contributed by atoms with Gasteiger partial charge in [0.1, 0.15) is 0 Å². The molecule has 3 rings (SSSR count). The summed E-state index contributed by atoms with van der Waals surface area (Å²) in [6, 6.07) is 14.3. The van der Waals surface area contributed by atoms with Crippen molar-refractivity contribution in [2.75, 3.05) is 0 Å². The van der Waals surface area contributed by atoms with Gasteiger partial charge in [0.15, 0.2) is 0 Å². The van der Waals surface area contributed by atoms with Crippen LogP contribution in [-0.2, 0) is 11.3 Å². The minimum absolute atomic E-state index is 0.158. The molecule has 1 saturated carbocycles. The summed E-state index contributed by atoms with van der Waals surface area (Å²) in [7, 11) is 0. The monoisotopic (exact) mass is 335 g/mol. The highest BCUT2D eigenvalue weighted by Gasteiger charge is 2.43. The van der Waals surface area contributed by atoms with Crippen molar-refractivity contribution in [3.63, 3.8) is 0 Å². The summed E-state index contributed by atoms with van der Waals surface area (Å²) >= 11 is 5.09. The molecule has 1 N–H and O–H groups in total. The normalized spacial score (nSPS) is 21.1. The third-order valence-corrected chi connectivity index (χ3v) is 5.04. The van der Waals surface area contributed by atoms with Gasteiger partial charge in [0.05, 0.1) is 10.3 Å². The summed E-state index contributed by atoms with van der Waals surface area (Å²) < 4.78 is 1.10. The number of carbonyl (C=O) groups is 1. The molecule has 1 amide bonds. The summed E-state index contributed by atoms with van der Waals surface area (Å²) in [5, 5.41) is 3.02. The van der Waals surface area contributed by atoms with Gasteiger partial charge in [-0.1, -0.05) is 30.3 Å². The van der Waals surface area contributed by atoms with Crippen LogP contribution in [0.4, 0.5) is 0 Å². The van der Waals surface area contributed by atoms with Gasteiger partial charge in [-0.2, -0.15) is 0 Å². The summed E-state index contributed by atoms with van der Waals surface area (Å²) in [5.41, 5.74) is 1.28. The molecule has 2 unspecified atom stereocenters. The molecule has 2 nitrogen and oxygen atoms in total. The molecule has 1 fully saturated rings. The van der Waals surface area contributed by atoms with Crippen LogP contribution in [0.5, 0.6) is 0 Å². The van der Waals surface area contributed by atoms with Crippen LogP contribution < -0.4 is 5.32 Å². The molecule has 1 aliphatic carbocycles. The van der Waals surface area contributed by atoms with Crippen LogP contribution in [0.1, 0.15) is 22.8 Å². The molecule has 19 heavy (non-hydrogen) atoms. The molecular formula is C15H14BrNOS. The number of carbonyl (C=O) groups excluding carboxylic acids is 1. The Morgan fingerprint density at radius 3 is 2.74 bits per heavy atom. The first-order chi connectivity index (χ1) is 9.24. The molecule has 0 aliphatic heterocycles. The van der Waals surface area contributed by atoms with Gasteiger partial charge in [0, 0.05) is 10.8 Å². The third-order valence-electron chi connectivity index (χ3n) is 3.42. The summed E-state index contributed by atoms with van der Waals surface area (Å²) in [4.78, 5) is 13.2. The average Bonchev–Trinajstić information content (AvgIpc) is 3.14. The minimum atomic E-state index is 0.158. The van der Waals surface area contributed by atoms with Gasteiger partial charge >= 0.3 is 0 Å². The highest BCUT2D eigenvalue weighted by molar-refractivity contribution is 9.11. The fraction of sp³-hybridized carbons (Fsp3) is 0.267. The maximum Gasteiger partial charge on any atom is 0.224 e. The van der Waals surface area contributed by atoms with E-state index >= 15 is 0 Å². The van der Waals surface area contributed by atoms with Crippen LogP contribution in [0.15, 0.2) is 46.3 Å². The molecular weight excluding hydrogens is 322 g/mol. The Balaban J connectivity index is 1.53. The number of halogens is 1. The van der Waals surface area contributed by atoms with Crippen LogP contribution in [0.3, 0.4) is 0 Å². The Hall–Kier alpha value is -1.13. The summed E-state index contributed by atoms with van der Waals surface area (Å²) in [6.45, 7) is 0.632. The SMILES string of the molecule is O=C(NCc1ccc(Br)s1)C1CC1c1ccccc1. The number of nitrogens with one attached hydrogen (secondary N) is 1. The second kappa shape index (κ2) is 5.47. The molecule has 0 bridgehead atoms. The lowest BCUT2D eigenvalue weighted by atomic mass is 10.1. The highest BCUT2D eigenvalue weighted by Crippen LogP contribution is 2.47. The molecule has 1 aromatic carbocycles. The number of thiophene rings is 1. The number of amides is 1. The lowest BCUT2D eigenvalue weighted by Crippen LogP contribution is -2.24. The Morgan fingerprint density at radius 1 is 1.26 bits per heavy atom.